The van der Waals surface area contributed by atoms with Crippen molar-refractivity contribution in [1.29, 1.82) is 5.26 Å². The predicted molar refractivity (Wildman–Crippen MR) is 162 cm³/mol. The Morgan fingerprint density at radius 3 is 2.52 bits per heavy atom. The van der Waals surface area contributed by atoms with E-state index in [0.29, 0.717) is 71.8 Å². The van der Waals surface area contributed by atoms with Gasteiger partial charge in [0.2, 0.25) is 0 Å². The highest BCUT2D eigenvalue weighted by atomic mass is 32.2. The number of carbonyl (C=O) groups excluding carboxylic acids is 2. The van der Waals surface area contributed by atoms with Gasteiger partial charge in [0, 0.05) is 25.2 Å². The van der Waals surface area contributed by atoms with Gasteiger partial charge in [0.05, 0.1) is 24.0 Å². The van der Waals surface area contributed by atoms with E-state index in [1.54, 1.807) is 29.4 Å². The van der Waals surface area contributed by atoms with Crippen molar-refractivity contribution in [3.63, 3.8) is 0 Å². The fourth-order valence-corrected chi connectivity index (χ4v) is 6.37. The molecule has 210 valence electrons. The Bertz CT molecular complexity index is 1420. The number of carbonyl (C=O) groups is 2. The number of thiocarbonyl (C=S) groups is 1. The fraction of sp³-hybridized carbons (Fsp3) is 0.433. The van der Waals surface area contributed by atoms with Crippen LogP contribution < -0.4 is 10.5 Å². The average molecular weight is 579 g/mol. The Kier molecular flexibility index (Phi) is 9.82. The van der Waals surface area contributed by atoms with E-state index in [1.165, 1.54) is 11.8 Å². The summed E-state index contributed by atoms with van der Waals surface area (Å²) in [5, 5.41) is 9.93. The number of thioether (sulfide) groups is 1. The Hall–Kier alpha value is -3.42. The monoisotopic (exact) mass is 578 g/mol. The number of piperidine rings is 1. The van der Waals surface area contributed by atoms with E-state index in [-0.39, 0.29) is 28.9 Å². The second-order valence-electron chi connectivity index (χ2n) is 9.93. The molecule has 8 nitrogen and oxygen atoms in total. The Balaban J connectivity index is 1.77. The van der Waals surface area contributed by atoms with Gasteiger partial charge in [-0.15, -0.1) is 0 Å². The van der Waals surface area contributed by atoms with Gasteiger partial charge in [-0.05, 0) is 50.3 Å². The van der Waals surface area contributed by atoms with Crippen molar-refractivity contribution in [2.75, 3.05) is 24.6 Å². The summed E-state index contributed by atoms with van der Waals surface area (Å²) in [6, 6.07) is 11.8. The first-order valence-corrected chi connectivity index (χ1v) is 14.9. The predicted octanol–water partition coefficient (Wildman–Crippen LogP) is 5.01. The van der Waals surface area contributed by atoms with E-state index in [9.17, 15) is 19.6 Å². The number of hydrogen-bond donors (Lipinski definition) is 0. The summed E-state index contributed by atoms with van der Waals surface area (Å²) in [4.78, 5) is 43.6. The molecule has 40 heavy (non-hydrogen) atoms. The minimum atomic E-state index is -0.329. The molecule has 0 unspecified atom stereocenters. The molecule has 0 radical (unpaired) electrons. The van der Waals surface area contributed by atoms with Crippen molar-refractivity contribution in [1.82, 2.24) is 9.47 Å². The summed E-state index contributed by atoms with van der Waals surface area (Å²) in [5.74, 6) is 0.105. The summed E-state index contributed by atoms with van der Waals surface area (Å²) in [6.07, 6.45) is 4.62. The highest BCUT2D eigenvalue weighted by molar-refractivity contribution is 8.26. The highest BCUT2D eigenvalue weighted by Gasteiger charge is 2.34. The largest absolute Gasteiger partial charge is 0.466 e. The smallest absolute Gasteiger partial charge is 0.309 e. The van der Waals surface area contributed by atoms with Crippen molar-refractivity contribution >= 4 is 52.1 Å². The number of unbranched alkanes of at least 4 members (excludes halogenated alkanes) is 1. The lowest BCUT2D eigenvalue weighted by Gasteiger charge is -2.35. The normalized spacial score (nSPS) is 17.0. The summed E-state index contributed by atoms with van der Waals surface area (Å²) >= 11 is 6.81. The molecule has 0 aliphatic carbocycles. The minimum Gasteiger partial charge on any atom is -0.466 e. The molecule has 10 heteroatoms. The van der Waals surface area contributed by atoms with E-state index in [0.717, 1.165) is 18.4 Å². The van der Waals surface area contributed by atoms with Crippen molar-refractivity contribution in [3.05, 3.63) is 67.8 Å². The van der Waals surface area contributed by atoms with Crippen LogP contribution in [0.2, 0.25) is 0 Å². The van der Waals surface area contributed by atoms with Crippen molar-refractivity contribution in [3.8, 4) is 6.07 Å². The number of anilines is 1. The van der Waals surface area contributed by atoms with E-state index >= 15 is 0 Å². The molecule has 1 aromatic carbocycles. The fourth-order valence-electron chi connectivity index (χ4n) is 5.13. The zero-order valence-electron chi connectivity index (χ0n) is 23.1. The zero-order valence-corrected chi connectivity index (χ0v) is 24.8. The molecule has 0 saturated carbocycles. The van der Waals surface area contributed by atoms with Gasteiger partial charge < -0.3 is 9.64 Å². The molecule has 1 amide bonds. The number of aromatic nitrogens is 1. The molecule has 0 N–H and O–H groups in total. The first-order valence-electron chi connectivity index (χ1n) is 13.7. The van der Waals surface area contributed by atoms with Gasteiger partial charge in [0.25, 0.3) is 11.5 Å². The van der Waals surface area contributed by atoms with E-state index in [1.807, 2.05) is 37.3 Å². The van der Waals surface area contributed by atoms with Gasteiger partial charge in [-0.3, -0.25) is 23.9 Å². The average Bonchev–Trinajstić information content (AvgIpc) is 3.22. The maximum atomic E-state index is 13.5. The zero-order chi connectivity index (χ0) is 28.8. The van der Waals surface area contributed by atoms with Crippen LogP contribution in [0.15, 0.2) is 40.0 Å². The number of nitriles is 1. The molecule has 3 heterocycles. The molecule has 2 fully saturated rings. The van der Waals surface area contributed by atoms with Crippen LogP contribution in [0.3, 0.4) is 0 Å². The summed E-state index contributed by atoms with van der Waals surface area (Å²) in [6.45, 7) is 7.88. The number of rotatable bonds is 9. The molecule has 0 atom stereocenters. The summed E-state index contributed by atoms with van der Waals surface area (Å²) in [7, 11) is 0. The lowest BCUT2D eigenvalue weighted by Crippen LogP contribution is -2.41. The number of esters is 1. The Morgan fingerprint density at radius 2 is 1.90 bits per heavy atom. The quantitative estimate of drug-likeness (QED) is 0.233. The third-order valence-electron chi connectivity index (χ3n) is 7.33. The molecule has 0 bridgehead atoms. The van der Waals surface area contributed by atoms with Crippen LogP contribution in [-0.2, 0) is 27.4 Å². The highest BCUT2D eigenvalue weighted by Crippen LogP contribution is 2.37. The van der Waals surface area contributed by atoms with Gasteiger partial charge in [-0.1, -0.05) is 67.7 Å². The van der Waals surface area contributed by atoms with E-state index in [4.69, 9.17) is 17.0 Å². The second kappa shape index (κ2) is 13.3. The molecule has 1 aromatic heterocycles. The first kappa shape index (κ1) is 29.6. The number of amides is 1. The SMILES string of the molecule is CCCCn1c(N2CCC(C(=O)OCC)CC2)c(C=C2SC(=S)N(Cc3ccccc3)C2=O)c(C)c(C#N)c1=O. The molecule has 2 aliphatic rings. The van der Waals surface area contributed by atoms with Gasteiger partial charge in [0.1, 0.15) is 21.8 Å². The molecular weight excluding hydrogens is 544 g/mol. The number of benzene rings is 1. The molecule has 4 rings (SSSR count). The van der Waals surface area contributed by atoms with E-state index in [2.05, 4.69) is 11.0 Å². The third-order valence-corrected chi connectivity index (χ3v) is 8.71. The van der Waals surface area contributed by atoms with Gasteiger partial charge in [0.15, 0.2) is 0 Å². The van der Waals surface area contributed by atoms with Crippen LogP contribution in [0.5, 0.6) is 0 Å². The van der Waals surface area contributed by atoms with Crippen LogP contribution in [0.25, 0.3) is 6.08 Å². The van der Waals surface area contributed by atoms with Crippen LogP contribution in [0.4, 0.5) is 5.82 Å². The van der Waals surface area contributed by atoms with Crippen molar-refractivity contribution in [2.24, 2.45) is 5.92 Å². The minimum absolute atomic E-state index is 0.0762. The summed E-state index contributed by atoms with van der Waals surface area (Å²) < 4.78 is 7.38. The maximum Gasteiger partial charge on any atom is 0.309 e. The summed E-state index contributed by atoms with van der Waals surface area (Å²) in [5.41, 5.74) is 1.93. The van der Waals surface area contributed by atoms with E-state index < -0.39 is 0 Å². The molecular formula is C30H34N4O4S2. The second-order valence-corrected chi connectivity index (χ2v) is 11.6. The number of pyridine rings is 1. The van der Waals surface area contributed by atoms with Crippen LogP contribution in [0.1, 0.15) is 61.8 Å². The van der Waals surface area contributed by atoms with Crippen LogP contribution in [0, 0.1) is 24.2 Å². The van der Waals surface area contributed by atoms with Gasteiger partial charge in [-0.25, -0.2) is 0 Å². The van der Waals surface area contributed by atoms with Crippen molar-refractivity contribution in [2.45, 2.75) is 59.5 Å². The Labute approximate surface area is 244 Å². The first-order chi connectivity index (χ1) is 19.3. The Morgan fingerprint density at radius 1 is 1.20 bits per heavy atom. The molecule has 2 saturated heterocycles. The van der Waals surface area contributed by atoms with Crippen molar-refractivity contribution < 1.29 is 14.3 Å². The molecule has 0 spiro atoms. The maximum absolute atomic E-state index is 13.5. The number of hydrogen-bond acceptors (Lipinski definition) is 8. The lowest BCUT2D eigenvalue weighted by molar-refractivity contribution is -0.148. The molecule has 2 aromatic rings. The number of ether oxygens (including phenoxy) is 1. The van der Waals surface area contributed by atoms with Crippen LogP contribution in [-0.4, -0.2) is 45.4 Å². The lowest BCUT2D eigenvalue weighted by atomic mass is 9.95. The topological polar surface area (TPSA) is 95.6 Å². The number of nitrogens with zero attached hydrogens (tertiary/aromatic N) is 4. The van der Waals surface area contributed by atoms with Gasteiger partial charge >= 0.3 is 5.97 Å². The molecule has 2 aliphatic heterocycles. The third kappa shape index (κ3) is 6.16. The standard InChI is InChI=1S/C30H34N4O4S2/c1-4-6-14-33-26(32-15-12-22(13-16-32)29(37)38-5-2)23(20(3)24(18-31)27(33)35)17-25-28(36)34(30(39)40-25)19-21-10-8-7-9-11-21/h7-11,17,22H,4-6,12-16,19H2,1-3H3. The van der Waals surface area contributed by atoms with Gasteiger partial charge in [-0.2, -0.15) is 5.26 Å². The van der Waals surface area contributed by atoms with Crippen LogP contribution >= 0.6 is 24.0 Å².